The molecule has 0 spiro atoms. The molecule has 6 nitrogen and oxygen atoms in total. The van der Waals surface area contributed by atoms with Gasteiger partial charge in [0.15, 0.2) is 22.9 Å². The highest BCUT2D eigenvalue weighted by Crippen LogP contribution is 2.42. The first-order valence-corrected chi connectivity index (χ1v) is 9.77. The van der Waals surface area contributed by atoms with Crippen molar-refractivity contribution in [2.45, 2.75) is 31.8 Å². The van der Waals surface area contributed by atoms with E-state index in [1.165, 1.54) is 6.08 Å². The number of benzene rings is 2. The lowest BCUT2D eigenvalue weighted by Gasteiger charge is -2.22. The van der Waals surface area contributed by atoms with E-state index in [1.807, 2.05) is 25.1 Å². The molecular weight excluding hydrogens is 370 g/mol. The predicted molar refractivity (Wildman–Crippen MR) is 109 cm³/mol. The molecule has 0 aromatic heterocycles. The fourth-order valence-electron chi connectivity index (χ4n) is 3.73. The number of allylic oxidation sites excluding steroid dienone is 1. The van der Waals surface area contributed by atoms with Gasteiger partial charge in [0.25, 0.3) is 5.91 Å². The lowest BCUT2D eigenvalue weighted by atomic mass is 9.89. The molecule has 2 aliphatic heterocycles. The number of nitrogens with zero attached hydrogens (tertiary/aromatic N) is 1. The summed E-state index contributed by atoms with van der Waals surface area (Å²) in [6.07, 6.45) is 4.50. The van der Waals surface area contributed by atoms with Gasteiger partial charge in [-0.1, -0.05) is 43.7 Å². The quantitative estimate of drug-likeness (QED) is 0.730. The molecule has 2 aliphatic rings. The highest BCUT2D eigenvalue weighted by atomic mass is 16.7. The third-order valence-corrected chi connectivity index (χ3v) is 5.26. The average Bonchev–Trinajstić information content (AvgIpc) is 3.27. The second kappa shape index (κ2) is 7.72. The van der Waals surface area contributed by atoms with Gasteiger partial charge in [0.05, 0.1) is 12.1 Å². The Kier molecular flexibility index (Phi) is 5.11. The molecule has 0 saturated carbocycles. The lowest BCUT2D eigenvalue weighted by Crippen LogP contribution is -2.42. The van der Waals surface area contributed by atoms with Gasteiger partial charge in [-0.2, -0.15) is 0 Å². The van der Waals surface area contributed by atoms with Crippen LogP contribution in [0.25, 0.3) is 6.08 Å². The summed E-state index contributed by atoms with van der Waals surface area (Å²) in [4.78, 5) is 27.2. The number of unbranched alkanes of at least 4 members (excludes halogenated alkanes) is 1. The maximum Gasteiger partial charge on any atom is 0.264 e. The Labute approximate surface area is 169 Å². The molecular formula is C23H23NO5. The van der Waals surface area contributed by atoms with Crippen LogP contribution < -0.4 is 14.4 Å². The summed E-state index contributed by atoms with van der Waals surface area (Å²) >= 11 is 0. The summed E-state index contributed by atoms with van der Waals surface area (Å²) in [5.41, 5.74) is 0.116. The van der Waals surface area contributed by atoms with Crippen LogP contribution in [0.15, 0.2) is 48.5 Å². The molecule has 2 aromatic rings. The molecule has 1 N–H and O–H groups in total. The summed E-state index contributed by atoms with van der Waals surface area (Å²) in [5.74, 6) is 0.537. The van der Waals surface area contributed by atoms with Gasteiger partial charge in [-0.15, -0.1) is 0 Å². The van der Waals surface area contributed by atoms with E-state index in [0.717, 1.165) is 18.4 Å². The Morgan fingerprint density at radius 3 is 2.83 bits per heavy atom. The van der Waals surface area contributed by atoms with Crippen molar-refractivity contribution < 1.29 is 24.2 Å². The van der Waals surface area contributed by atoms with Gasteiger partial charge < -0.3 is 19.5 Å². The molecule has 1 amide bonds. The topological polar surface area (TPSA) is 76.1 Å². The SMILES string of the molecule is CCCCN1C(=O)[C@](O)(CC(=O)/C=C\c2ccc3c(c2)OCO3)c2ccccc21. The molecule has 29 heavy (non-hydrogen) atoms. The van der Waals surface area contributed by atoms with Crippen LogP contribution in [0, 0.1) is 0 Å². The first-order valence-electron chi connectivity index (χ1n) is 9.77. The van der Waals surface area contributed by atoms with E-state index in [-0.39, 0.29) is 19.0 Å². The van der Waals surface area contributed by atoms with E-state index < -0.39 is 11.5 Å². The van der Waals surface area contributed by atoms with Crippen molar-refractivity contribution >= 4 is 23.5 Å². The molecule has 150 valence electrons. The Balaban J connectivity index is 1.53. The molecule has 0 fully saturated rings. The Morgan fingerprint density at radius 2 is 2.00 bits per heavy atom. The minimum absolute atomic E-state index is 0.185. The molecule has 0 saturated heterocycles. The van der Waals surface area contributed by atoms with E-state index in [2.05, 4.69) is 0 Å². The number of carbonyl (C=O) groups excluding carboxylic acids is 2. The second-order valence-electron chi connectivity index (χ2n) is 7.28. The number of para-hydroxylation sites is 1. The van der Waals surface area contributed by atoms with E-state index >= 15 is 0 Å². The maximum atomic E-state index is 13.0. The fourth-order valence-corrected chi connectivity index (χ4v) is 3.73. The van der Waals surface area contributed by atoms with Crippen LogP contribution in [0.4, 0.5) is 5.69 Å². The number of rotatable bonds is 7. The minimum Gasteiger partial charge on any atom is -0.454 e. The van der Waals surface area contributed by atoms with E-state index in [0.29, 0.717) is 29.3 Å². The van der Waals surface area contributed by atoms with Gasteiger partial charge in [-0.05, 0) is 36.3 Å². The van der Waals surface area contributed by atoms with Crippen LogP contribution in [0.3, 0.4) is 0 Å². The van der Waals surface area contributed by atoms with E-state index in [1.54, 1.807) is 35.2 Å². The third-order valence-electron chi connectivity index (χ3n) is 5.26. The number of anilines is 1. The number of hydrogen-bond donors (Lipinski definition) is 1. The van der Waals surface area contributed by atoms with Crippen LogP contribution in [0.5, 0.6) is 11.5 Å². The van der Waals surface area contributed by atoms with Gasteiger partial charge >= 0.3 is 0 Å². The summed E-state index contributed by atoms with van der Waals surface area (Å²) in [5, 5.41) is 11.2. The number of ketones is 1. The number of fused-ring (bicyclic) bond motifs is 2. The molecule has 0 radical (unpaired) electrons. The monoisotopic (exact) mass is 393 g/mol. The number of ether oxygens (including phenoxy) is 2. The number of aliphatic hydroxyl groups is 1. The maximum absolute atomic E-state index is 13.0. The van der Waals surface area contributed by atoms with Crippen LogP contribution in [0.2, 0.25) is 0 Å². The Bertz CT molecular complexity index is 983. The zero-order valence-corrected chi connectivity index (χ0v) is 16.3. The molecule has 2 aromatic carbocycles. The largest absolute Gasteiger partial charge is 0.454 e. The van der Waals surface area contributed by atoms with Gasteiger partial charge in [-0.25, -0.2) is 0 Å². The molecule has 0 unspecified atom stereocenters. The Morgan fingerprint density at radius 1 is 1.21 bits per heavy atom. The van der Waals surface area contributed by atoms with Crippen LogP contribution >= 0.6 is 0 Å². The minimum atomic E-state index is -1.83. The van der Waals surface area contributed by atoms with Crippen molar-refractivity contribution in [3.8, 4) is 11.5 Å². The molecule has 0 aliphatic carbocycles. The molecule has 4 rings (SSSR count). The zero-order chi connectivity index (χ0) is 20.4. The third kappa shape index (κ3) is 3.51. The highest BCUT2D eigenvalue weighted by molar-refractivity contribution is 6.10. The highest BCUT2D eigenvalue weighted by Gasteiger charge is 2.50. The normalized spacial score (nSPS) is 19.8. The molecule has 6 heteroatoms. The Hall–Kier alpha value is -3.12. The lowest BCUT2D eigenvalue weighted by molar-refractivity contribution is -0.140. The van der Waals surface area contributed by atoms with Crippen molar-refractivity contribution in [3.63, 3.8) is 0 Å². The van der Waals surface area contributed by atoms with Crippen LogP contribution in [-0.4, -0.2) is 30.1 Å². The smallest absolute Gasteiger partial charge is 0.264 e. The van der Waals surface area contributed by atoms with Crippen LogP contribution in [0.1, 0.15) is 37.3 Å². The van der Waals surface area contributed by atoms with E-state index in [9.17, 15) is 14.7 Å². The standard InChI is InChI=1S/C23H23NO5/c1-2-3-12-24-19-7-5-4-6-18(19)23(27,22(24)26)14-17(25)10-8-16-9-11-20-21(13-16)29-15-28-20/h4-11,13,27H,2-3,12,14-15H2,1H3/b10-8-/t23-/m0/s1. The number of carbonyl (C=O) groups is 2. The van der Waals surface area contributed by atoms with Gasteiger partial charge in [0, 0.05) is 12.1 Å². The number of amides is 1. The average molecular weight is 393 g/mol. The van der Waals surface area contributed by atoms with Crippen molar-refractivity contribution in [1.82, 2.24) is 0 Å². The van der Waals surface area contributed by atoms with Gasteiger partial charge in [-0.3, -0.25) is 9.59 Å². The zero-order valence-electron chi connectivity index (χ0n) is 16.3. The molecule has 0 bridgehead atoms. The number of hydrogen-bond acceptors (Lipinski definition) is 5. The second-order valence-corrected chi connectivity index (χ2v) is 7.28. The first-order chi connectivity index (χ1) is 14.0. The summed E-state index contributed by atoms with van der Waals surface area (Å²) in [6.45, 7) is 2.75. The summed E-state index contributed by atoms with van der Waals surface area (Å²) in [7, 11) is 0. The van der Waals surface area contributed by atoms with E-state index in [4.69, 9.17) is 9.47 Å². The summed E-state index contributed by atoms with van der Waals surface area (Å²) < 4.78 is 10.6. The van der Waals surface area contributed by atoms with Crippen LogP contribution in [-0.2, 0) is 15.2 Å². The summed E-state index contributed by atoms with van der Waals surface area (Å²) in [6, 6.07) is 12.5. The van der Waals surface area contributed by atoms with Gasteiger partial charge in [0.1, 0.15) is 0 Å². The first kappa shape index (κ1) is 19.2. The fraction of sp³-hybridized carbons (Fsp3) is 0.304. The van der Waals surface area contributed by atoms with Crippen molar-refractivity contribution in [1.29, 1.82) is 0 Å². The molecule has 1 atom stereocenters. The van der Waals surface area contributed by atoms with Crippen molar-refractivity contribution in [3.05, 3.63) is 59.7 Å². The van der Waals surface area contributed by atoms with Crippen molar-refractivity contribution in [2.75, 3.05) is 18.2 Å². The predicted octanol–water partition coefficient (Wildman–Crippen LogP) is 3.42. The van der Waals surface area contributed by atoms with Gasteiger partial charge in [0.2, 0.25) is 6.79 Å². The molecule has 2 heterocycles. The van der Waals surface area contributed by atoms with Crippen molar-refractivity contribution in [2.24, 2.45) is 0 Å².